The highest BCUT2D eigenvalue weighted by Crippen LogP contribution is 2.21. The molecular formula is C13H20FIN2OSi. The van der Waals surface area contributed by atoms with E-state index in [1.807, 2.05) is 20.8 Å². The minimum atomic E-state index is -1.82. The van der Waals surface area contributed by atoms with Crippen molar-refractivity contribution in [2.45, 2.75) is 40.4 Å². The van der Waals surface area contributed by atoms with E-state index >= 15 is 0 Å². The number of nitrogens with one attached hydrogen (secondary N) is 1. The van der Waals surface area contributed by atoms with Crippen molar-refractivity contribution in [3.8, 4) is 0 Å². The van der Waals surface area contributed by atoms with Gasteiger partial charge < -0.3 is 5.32 Å². The molecule has 0 unspecified atom stereocenters. The van der Waals surface area contributed by atoms with Crippen LogP contribution in [-0.4, -0.2) is 19.0 Å². The van der Waals surface area contributed by atoms with E-state index in [1.165, 1.54) is 6.20 Å². The number of carbonyl (C=O) groups is 1. The number of hydrogen-bond donors (Lipinski definition) is 1. The van der Waals surface area contributed by atoms with Gasteiger partial charge in [-0.2, -0.15) is 0 Å². The molecule has 1 amide bonds. The molecule has 0 radical (unpaired) electrons. The van der Waals surface area contributed by atoms with E-state index in [4.69, 9.17) is 0 Å². The average molecular weight is 394 g/mol. The molecule has 1 heterocycles. The molecule has 0 fully saturated rings. The van der Waals surface area contributed by atoms with Crippen molar-refractivity contribution in [3.63, 3.8) is 0 Å². The van der Waals surface area contributed by atoms with Crippen LogP contribution in [0.2, 0.25) is 19.6 Å². The standard InChI is InChI=1S/C13H20FIN2OSi/c1-13(2,3)12(18)17-11-9(15)10(19(4,5)6)8(14)7-16-11/h7H,1-6H3,(H,16,17,18). The maximum atomic E-state index is 14.0. The van der Waals surface area contributed by atoms with Gasteiger partial charge in [0.2, 0.25) is 5.91 Å². The van der Waals surface area contributed by atoms with Gasteiger partial charge in [0.25, 0.3) is 0 Å². The van der Waals surface area contributed by atoms with Crippen LogP contribution in [0, 0.1) is 14.8 Å². The smallest absolute Gasteiger partial charge is 0.230 e. The molecule has 0 aromatic carbocycles. The fourth-order valence-corrected chi connectivity index (χ4v) is 6.05. The monoisotopic (exact) mass is 394 g/mol. The summed E-state index contributed by atoms with van der Waals surface area (Å²) in [6.07, 6.45) is 1.20. The first kappa shape index (κ1) is 16.6. The molecule has 19 heavy (non-hydrogen) atoms. The zero-order chi connectivity index (χ0) is 15.0. The fraction of sp³-hybridized carbons (Fsp3) is 0.538. The van der Waals surface area contributed by atoms with Crippen LogP contribution in [0.1, 0.15) is 20.8 Å². The highest BCUT2D eigenvalue weighted by Gasteiger charge is 2.28. The topological polar surface area (TPSA) is 42.0 Å². The number of anilines is 1. The predicted octanol–water partition coefficient (Wildman–Crippen LogP) is 3.36. The highest BCUT2D eigenvalue weighted by molar-refractivity contribution is 14.1. The molecule has 1 aromatic rings. The van der Waals surface area contributed by atoms with Crippen LogP contribution in [-0.2, 0) is 4.79 Å². The molecule has 0 atom stereocenters. The number of pyridine rings is 1. The van der Waals surface area contributed by atoms with Gasteiger partial charge in [0.05, 0.1) is 17.8 Å². The summed E-state index contributed by atoms with van der Waals surface area (Å²) in [5.41, 5.74) is -0.502. The molecular weight excluding hydrogens is 374 g/mol. The van der Waals surface area contributed by atoms with Crippen LogP contribution >= 0.6 is 22.6 Å². The van der Waals surface area contributed by atoms with Crippen molar-refractivity contribution < 1.29 is 9.18 Å². The minimum Gasteiger partial charge on any atom is -0.309 e. The number of amides is 1. The van der Waals surface area contributed by atoms with Crippen molar-refractivity contribution in [1.29, 1.82) is 0 Å². The zero-order valence-electron chi connectivity index (χ0n) is 12.2. The average Bonchev–Trinajstić information content (AvgIpc) is 2.18. The molecule has 1 aromatic heterocycles. The van der Waals surface area contributed by atoms with Crippen LogP contribution in [0.25, 0.3) is 0 Å². The summed E-state index contributed by atoms with van der Waals surface area (Å²) in [6.45, 7) is 11.7. The van der Waals surface area contributed by atoms with E-state index in [1.54, 1.807) is 0 Å². The number of hydrogen-bond acceptors (Lipinski definition) is 2. The molecule has 0 aliphatic heterocycles. The maximum Gasteiger partial charge on any atom is 0.230 e. The van der Waals surface area contributed by atoms with Gasteiger partial charge in [-0.3, -0.25) is 4.79 Å². The van der Waals surface area contributed by atoms with Gasteiger partial charge in [-0.1, -0.05) is 40.4 Å². The molecule has 0 spiro atoms. The molecule has 6 heteroatoms. The number of rotatable bonds is 2. The number of carbonyl (C=O) groups excluding carboxylic acids is 1. The third-order valence-electron chi connectivity index (χ3n) is 2.64. The Kier molecular flexibility index (Phi) is 4.77. The summed E-state index contributed by atoms with van der Waals surface area (Å²) < 4.78 is 14.7. The van der Waals surface area contributed by atoms with Crippen molar-refractivity contribution in [2.24, 2.45) is 5.41 Å². The molecule has 0 saturated carbocycles. The Hall–Kier alpha value is -0.503. The Morgan fingerprint density at radius 3 is 2.32 bits per heavy atom. The van der Waals surface area contributed by atoms with E-state index in [0.717, 1.165) is 3.57 Å². The molecule has 0 saturated heterocycles. The van der Waals surface area contributed by atoms with E-state index in [2.05, 4.69) is 52.5 Å². The predicted molar refractivity (Wildman–Crippen MR) is 88.0 cm³/mol. The zero-order valence-corrected chi connectivity index (χ0v) is 15.3. The SMILES string of the molecule is CC(C)(C)C(=O)Nc1ncc(F)c([Si](C)(C)C)c1I. The minimum absolute atomic E-state index is 0.119. The first-order valence-electron chi connectivity index (χ1n) is 6.10. The van der Waals surface area contributed by atoms with Crippen molar-refractivity contribution in [1.82, 2.24) is 4.98 Å². The first-order chi connectivity index (χ1) is 8.44. The Morgan fingerprint density at radius 2 is 1.89 bits per heavy atom. The Labute approximate surface area is 128 Å². The Balaban J connectivity index is 3.23. The lowest BCUT2D eigenvalue weighted by atomic mass is 9.96. The number of aromatic nitrogens is 1. The van der Waals surface area contributed by atoms with Gasteiger partial charge in [-0.05, 0) is 27.8 Å². The quantitative estimate of drug-likeness (QED) is 0.618. The molecule has 0 aliphatic rings. The Bertz CT molecular complexity index is 507. The van der Waals surface area contributed by atoms with Crippen LogP contribution in [0.3, 0.4) is 0 Å². The summed E-state index contributed by atoms with van der Waals surface area (Å²) in [7, 11) is -1.82. The highest BCUT2D eigenvalue weighted by atomic mass is 127. The molecule has 1 rings (SSSR count). The van der Waals surface area contributed by atoms with Gasteiger partial charge >= 0.3 is 0 Å². The summed E-state index contributed by atoms with van der Waals surface area (Å²) in [5.74, 6) is 0.0581. The third-order valence-corrected chi connectivity index (χ3v) is 6.18. The van der Waals surface area contributed by atoms with Gasteiger partial charge in [0.1, 0.15) is 11.6 Å². The molecule has 1 N–H and O–H groups in total. The van der Waals surface area contributed by atoms with Crippen LogP contribution in [0.5, 0.6) is 0 Å². The molecule has 106 valence electrons. The second-order valence-electron chi connectivity index (χ2n) is 6.60. The number of halogens is 2. The third kappa shape index (κ3) is 3.98. The van der Waals surface area contributed by atoms with E-state index in [0.29, 0.717) is 11.0 Å². The summed E-state index contributed by atoms with van der Waals surface area (Å²) >= 11 is 2.07. The normalized spacial score (nSPS) is 12.4. The van der Waals surface area contributed by atoms with E-state index in [-0.39, 0.29) is 11.7 Å². The van der Waals surface area contributed by atoms with Crippen LogP contribution < -0.4 is 10.5 Å². The number of nitrogens with zero attached hydrogens (tertiary/aromatic N) is 1. The second kappa shape index (κ2) is 5.47. The van der Waals surface area contributed by atoms with Gasteiger partial charge in [-0.15, -0.1) is 0 Å². The van der Waals surface area contributed by atoms with Crippen LogP contribution in [0.4, 0.5) is 10.2 Å². The van der Waals surface area contributed by atoms with Crippen molar-refractivity contribution >= 4 is 47.6 Å². The lowest BCUT2D eigenvalue weighted by Gasteiger charge is -2.22. The summed E-state index contributed by atoms with van der Waals surface area (Å²) in [6, 6.07) is 0. The van der Waals surface area contributed by atoms with E-state index in [9.17, 15) is 9.18 Å². The van der Waals surface area contributed by atoms with E-state index < -0.39 is 13.5 Å². The fourth-order valence-electron chi connectivity index (χ4n) is 1.54. The molecule has 0 bridgehead atoms. The van der Waals surface area contributed by atoms with Crippen LogP contribution in [0.15, 0.2) is 6.20 Å². The van der Waals surface area contributed by atoms with Gasteiger partial charge in [0.15, 0.2) is 0 Å². The maximum absolute atomic E-state index is 14.0. The van der Waals surface area contributed by atoms with Crippen molar-refractivity contribution in [3.05, 3.63) is 15.6 Å². The lowest BCUT2D eigenvalue weighted by molar-refractivity contribution is -0.123. The summed E-state index contributed by atoms with van der Waals surface area (Å²) in [5, 5.41) is 3.50. The Morgan fingerprint density at radius 1 is 1.37 bits per heavy atom. The molecule has 3 nitrogen and oxygen atoms in total. The molecule has 0 aliphatic carbocycles. The van der Waals surface area contributed by atoms with Crippen molar-refractivity contribution in [2.75, 3.05) is 5.32 Å². The first-order valence-corrected chi connectivity index (χ1v) is 10.7. The lowest BCUT2D eigenvalue weighted by Crippen LogP contribution is -2.43. The summed E-state index contributed by atoms with van der Waals surface area (Å²) in [4.78, 5) is 16.0. The second-order valence-corrected chi connectivity index (χ2v) is 12.7. The van der Waals surface area contributed by atoms with Gasteiger partial charge in [-0.25, -0.2) is 9.37 Å². The largest absolute Gasteiger partial charge is 0.309 e. The van der Waals surface area contributed by atoms with Gasteiger partial charge in [0, 0.05) is 5.41 Å².